The van der Waals surface area contributed by atoms with Crippen LogP contribution in [0.25, 0.3) is 5.32 Å². The summed E-state index contributed by atoms with van der Waals surface area (Å²) in [6, 6.07) is 19.5. The van der Waals surface area contributed by atoms with Gasteiger partial charge in [0.05, 0.1) is 0 Å². The molecule has 2 aromatic carbocycles. The van der Waals surface area contributed by atoms with E-state index >= 15 is 0 Å². The van der Waals surface area contributed by atoms with Crippen molar-refractivity contribution in [2.45, 2.75) is 13.8 Å². The van der Waals surface area contributed by atoms with Gasteiger partial charge in [-0.05, 0) is 12.5 Å². The Labute approximate surface area is 167 Å². The number of hydrogen-bond donors (Lipinski definition) is 0. The van der Waals surface area contributed by atoms with E-state index in [1.54, 1.807) is 0 Å². The van der Waals surface area contributed by atoms with Crippen molar-refractivity contribution >= 4 is 40.1 Å². The Balaban J connectivity index is 0.00000288. The molecule has 0 bridgehead atoms. The zero-order valence-electron chi connectivity index (χ0n) is 13.4. The van der Waals surface area contributed by atoms with E-state index in [1.807, 2.05) is 80.6 Å². The first-order valence-electron chi connectivity index (χ1n) is 7.20. The van der Waals surface area contributed by atoms with E-state index < -0.39 is 0 Å². The summed E-state index contributed by atoms with van der Waals surface area (Å²) in [5, 5.41) is 4.44. The summed E-state index contributed by atoms with van der Waals surface area (Å²) in [6.07, 6.45) is 1.88. The summed E-state index contributed by atoms with van der Waals surface area (Å²) < 4.78 is 0. The van der Waals surface area contributed by atoms with Gasteiger partial charge in [-0.25, -0.2) is 4.99 Å². The quantitative estimate of drug-likeness (QED) is 0.355. The van der Waals surface area contributed by atoms with Crippen LogP contribution >= 0.6 is 24.4 Å². The van der Waals surface area contributed by atoms with Crippen LogP contribution in [-0.4, -0.2) is 15.7 Å². The van der Waals surface area contributed by atoms with Gasteiger partial charge < -0.3 is 5.32 Å². The van der Waals surface area contributed by atoms with Gasteiger partial charge in [-0.2, -0.15) is 5.70 Å². The smallest absolute Gasteiger partial charge is 0.133 e. The van der Waals surface area contributed by atoms with Crippen molar-refractivity contribution in [2.24, 2.45) is 4.99 Å². The van der Waals surface area contributed by atoms with E-state index in [9.17, 15) is 0 Å². The van der Waals surface area contributed by atoms with Crippen LogP contribution in [-0.2, 0) is 20.4 Å². The number of hydrogen-bond acceptors (Lipinski definition) is 2. The summed E-state index contributed by atoms with van der Waals surface area (Å²) >= 11 is 10.7. The molecule has 0 fully saturated rings. The van der Waals surface area contributed by atoms with E-state index in [0.29, 0.717) is 9.98 Å². The van der Waals surface area contributed by atoms with Gasteiger partial charge >= 0.3 is 0 Å². The molecule has 0 amide bonds. The van der Waals surface area contributed by atoms with E-state index in [0.717, 1.165) is 22.5 Å². The molecule has 2 aromatic rings. The maximum atomic E-state index is 5.34. The summed E-state index contributed by atoms with van der Waals surface area (Å²) in [5.41, 5.74) is 3.47. The molecule has 0 spiro atoms. The fourth-order valence-electron chi connectivity index (χ4n) is 1.98. The van der Waals surface area contributed by atoms with Crippen LogP contribution in [0.5, 0.6) is 0 Å². The Kier molecular flexibility index (Phi) is 8.88. The predicted octanol–water partition coefficient (Wildman–Crippen LogP) is 5.47. The van der Waals surface area contributed by atoms with Gasteiger partial charge in [0.1, 0.15) is 4.99 Å². The molecule has 0 saturated carbocycles. The maximum Gasteiger partial charge on any atom is 0.133 e. The Bertz CT molecular complexity index is 753. The summed E-state index contributed by atoms with van der Waals surface area (Å²) in [5.74, 6) is 0. The summed E-state index contributed by atoms with van der Waals surface area (Å²) in [7, 11) is 0. The normalized spacial score (nSPS) is 11.4. The zero-order chi connectivity index (χ0) is 16.7. The fourth-order valence-corrected chi connectivity index (χ4v) is 2.54. The molecule has 0 aromatic heterocycles. The Morgan fingerprint density at radius 3 is 1.92 bits per heavy atom. The van der Waals surface area contributed by atoms with Gasteiger partial charge in [-0.3, -0.25) is 0 Å². The number of benzene rings is 2. The van der Waals surface area contributed by atoms with E-state index in [2.05, 4.69) is 10.3 Å². The average molecular weight is 444 g/mol. The monoisotopic (exact) mass is 443 g/mol. The van der Waals surface area contributed by atoms with Crippen molar-refractivity contribution in [3.05, 3.63) is 88.9 Å². The van der Waals surface area contributed by atoms with Gasteiger partial charge in [0.15, 0.2) is 0 Å². The minimum atomic E-state index is 0. The van der Waals surface area contributed by atoms with Crippen LogP contribution in [0.4, 0.5) is 0 Å². The Morgan fingerprint density at radius 1 is 0.875 bits per heavy atom. The van der Waals surface area contributed by atoms with Gasteiger partial charge in [0.2, 0.25) is 0 Å². The molecule has 0 aliphatic rings. The zero-order valence-corrected chi connectivity index (χ0v) is 16.6. The molecule has 0 unspecified atom stereocenters. The molecule has 0 aliphatic heterocycles. The third-order valence-electron chi connectivity index (χ3n) is 3.02. The molecule has 2 rings (SSSR count). The first-order valence-corrected chi connectivity index (χ1v) is 8.02. The molecule has 5 heteroatoms. The van der Waals surface area contributed by atoms with Crippen molar-refractivity contribution in [3.63, 3.8) is 0 Å². The standard InChI is InChI=1S/C19H18N2S2.Pd/c1-14(20-18(22)16-9-5-3-6-10-16)13-15(2)21-19(23)17-11-7-4-8-12-17;/h3-13H,1-2H3,(H,20,21,22,23);/p-1. The third-order valence-corrected chi connectivity index (χ3v) is 3.67. The van der Waals surface area contributed by atoms with Crippen LogP contribution < -0.4 is 0 Å². The third kappa shape index (κ3) is 6.54. The molecule has 0 saturated heterocycles. The fraction of sp³-hybridized carbons (Fsp3) is 0.105. The van der Waals surface area contributed by atoms with Gasteiger partial charge in [-0.15, -0.1) is 12.2 Å². The molecule has 0 heterocycles. The number of thiocarbonyl (C=S) groups is 2. The minimum absolute atomic E-state index is 0. The molecule has 2 nitrogen and oxygen atoms in total. The Hall–Kier alpha value is -1.51. The molecule has 126 valence electrons. The van der Waals surface area contributed by atoms with Crippen molar-refractivity contribution in [2.75, 3.05) is 0 Å². The van der Waals surface area contributed by atoms with Crippen molar-refractivity contribution in [1.29, 1.82) is 0 Å². The number of nitrogens with zero attached hydrogens (tertiary/aromatic N) is 2. The van der Waals surface area contributed by atoms with Crippen molar-refractivity contribution < 1.29 is 20.4 Å². The molecular weight excluding hydrogens is 427 g/mol. The second kappa shape index (κ2) is 10.4. The maximum absolute atomic E-state index is 5.34. The van der Waals surface area contributed by atoms with Crippen LogP contribution in [0.2, 0.25) is 0 Å². The van der Waals surface area contributed by atoms with E-state index in [-0.39, 0.29) is 20.4 Å². The van der Waals surface area contributed by atoms with Crippen LogP contribution in [0.15, 0.2) is 77.4 Å². The largest absolute Gasteiger partial charge is 0.652 e. The topological polar surface area (TPSA) is 26.5 Å². The SMILES string of the molecule is CC(/C=C(/C)[N-]C(=S)c1ccccc1)=NC(=S)c1ccccc1.[Pd]. The second-order valence-electron chi connectivity index (χ2n) is 4.99. The van der Waals surface area contributed by atoms with Crippen LogP contribution in [0.3, 0.4) is 0 Å². The first kappa shape index (κ1) is 20.5. The van der Waals surface area contributed by atoms with Gasteiger partial charge in [-0.1, -0.05) is 90.9 Å². The van der Waals surface area contributed by atoms with Crippen LogP contribution in [0, 0.1) is 0 Å². The second-order valence-corrected chi connectivity index (χ2v) is 5.77. The molecule has 0 N–H and O–H groups in total. The molecular formula is C19H17N2PdS2-. The molecule has 0 aliphatic carbocycles. The first-order chi connectivity index (χ1) is 11.1. The molecule has 0 radical (unpaired) electrons. The number of rotatable bonds is 4. The van der Waals surface area contributed by atoms with E-state index in [4.69, 9.17) is 24.4 Å². The predicted molar refractivity (Wildman–Crippen MR) is 107 cm³/mol. The average Bonchev–Trinajstić information content (AvgIpc) is 2.56. The minimum Gasteiger partial charge on any atom is -0.652 e. The van der Waals surface area contributed by atoms with Crippen molar-refractivity contribution in [1.82, 2.24) is 0 Å². The molecule has 24 heavy (non-hydrogen) atoms. The number of aliphatic imine (C=N–C) groups is 1. The Morgan fingerprint density at radius 2 is 1.38 bits per heavy atom. The molecule has 0 atom stereocenters. The number of allylic oxidation sites excluding steroid dienone is 2. The summed E-state index contributed by atoms with van der Waals surface area (Å²) in [6.45, 7) is 3.81. The van der Waals surface area contributed by atoms with Crippen molar-refractivity contribution in [3.8, 4) is 0 Å². The van der Waals surface area contributed by atoms with Gasteiger partial charge in [0, 0.05) is 31.7 Å². The van der Waals surface area contributed by atoms with E-state index in [1.165, 1.54) is 0 Å². The van der Waals surface area contributed by atoms with Gasteiger partial charge in [0.25, 0.3) is 0 Å². The summed E-state index contributed by atoms with van der Waals surface area (Å²) in [4.78, 5) is 5.57. The van der Waals surface area contributed by atoms with Crippen LogP contribution in [0.1, 0.15) is 25.0 Å².